The largest absolute Gasteiger partial charge is 0.417 e. The van der Waals surface area contributed by atoms with Crippen molar-refractivity contribution in [3.8, 4) is 0 Å². The summed E-state index contributed by atoms with van der Waals surface area (Å²) in [7, 11) is 12.5. The van der Waals surface area contributed by atoms with E-state index in [2.05, 4.69) is 16.0 Å². The Kier molecular flexibility index (Phi) is 27.5. The van der Waals surface area contributed by atoms with Gasteiger partial charge in [0.2, 0.25) is 70.9 Å². The number of nitrogens with zero attached hydrogens (tertiary/aromatic N) is 9. The predicted molar refractivity (Wildman–Crippen MR) is 383 cm³/mol. The number of methoxy groups -OCH3 is 1. The van der Waals surface area contributed by atoms with Crippen molar-refractivity contribution in [3.63, 3.8) is 0 Å². The Morgan fingerprint density at radius 1 is 0.712 bits per heavy atom. The van der Waals surface area contributed by atoms with Crippen LogP contribution in [0.4, 0.5) is 13.2 Å². The number of hydrogen-bond donors (Lipinski definition) is 3. The molecule has 3 aliphatic heterocycles. The molecule has 12 amide bonds. The number of aryl methyl sites for hydroxylation is 2. The highest BCUT2D eigenvalue weighted by atomic mass is 35.5. The van der Waals surface area contributed by atoms with Crippen LogP contribution in [0.5, 0.6) is 0 Å². The Morgan fingerprint density at radius 3 is 1.90 bits per heavy atom. The minimum absolute atomic E-state index is 0.00376. The summed E-state index contributed by atoms with van der Waals surface area (Å²) in [6.45, 7) is 11.3. The molecule has 9 atom stereocenters. The lowest BCUT2D eigenvalue weighted by Crippen LogP contribution is -2.71. The monoisotopic (exact) mass is 1480 g/mol. The van der Waals surface area contributed by atoms with E-state index in [1.54, 1.807) is 32.1 Å². The number of nitrogens with one attached hydrogen (secondary N) is 3. The first-order chi connectivity index (χ1) is 48.7. The second-order valence-electron chi connectivity index (χ2n) is 30.6. The molecule has 3 N–H and O–H groups in total. The average Bonchev–Trinajstić information content (AvgIpc) is 1.26. The number of carbonyl (C=O) groups excluding carboxylic acids is 12. The highest BCUT2D eigenvalue weighted by Crippen LogP contribution is 2.56. The minimum atomic E-state index is -4.78. The zero-order valence-electron chi connectivity index (χ0n) is 63.2. The van der Waals surface area contributed by atoms with Gasteiger partial charge in [-0.2, -0.15) is 13.2 Å². The van der Waals surface area contributed by atoms with Gasteiger partial charge in [-0.25, -0.2) is 0 Å². The van der Waals surface area contributed by atoms with Crippen LogP contribution in [0.3, 0.4) is 0 Å². The highest BCUT2D eigenvalue weighted by molar-refractivity contribution is 6.31. The third kappa shape index (κ3) is 19.3. The zero-order chi connectivity index (χ0) is 77.4. The minimum Gasteiger partial charge on any atom is -0.382 e. The normalized spacial score (nSPS) is 26.2. The molecule has 5 aliphatic rings. The number of halogens is 4. The summed E-state index contributed by atoms with van der Waals surface area (Å²) in [4.78, 5) is 192. The van der Waals surface area contributed by atoms with Gasteiger partial charge in [-0.1, -0.05) is 120 Å². The van der Waals surface area contributed by atoms with Crippen LogP contribution in [-0.2, 0) is 81.3 Å². The first-order valence-corrected chi connectivity index (χ1v) is 36.4. The maximum Gasteiger partial charge on any atom is 0.417 e. The van der Waals surface area contributed by atoms with Crippen molar-refractivity contribution in [3.05, 3.63) is 81.9 Å². The van der Waals surface area contributed by atoms with Gasteiger partial charge in [-0.05, 0) is 111 Å². The maximum absolute atomic E-state index is 15.7. The molecule has 2 bridgehead atoms. The standard InChI is InChI=1S/C75H108ClF3N12O13/c1-17-46(5)61-69(101)85(11)40-60(94)86(12)53-23-21-20-22-34-90(68(53)100)55(36-48-26-24-45(4)25-27-48)67(99)84(10)39-58(92)80-52(31-29-47-28-30-50(51(76)35-47)75(77,78)79)65(97)91-44-73(32-33-73)38-56(91)64(96)82-74(42-72(6,7)43-74)71(103)89(15)62(49(18-2)19-3)70(102)88(14)54(66(98)83(8)9)37-59(93)87(13)57(41-104-16)63(95)81-61/h20-21,24-28,30,35,46,49,52-57,61-62H,17-19,22-23,29,31-34,36-44H2,1-16H3,(H,80,92)(H,81,95)(H,82,96)/b21-20-/t46-,52-,53-,54-,55-,56-,57-,61-,62-/m0/s1. The summed E-state index contributed by atoms with van der Waals surface area (Å²) in [5.41, 5.74) is -1.95. The van der Waals surface area contributed by atoms with Crippen molar-refractivity contribution < 1.29 is 75.4 Å². The molecule has 2 saturated carbocycles. The number of fused-ring (bicyclic) bond motifs is 3. The Morgan fingerprint density at radius 2 is 1.34 bits per heavy atom. The number of alkyl halides is 3. The van der Waals surface area contributed by atoms with Gasteiger partial charge < -0.3 is 64.8 Å². The number of ether oxygens (including phenoxy) is 1. The summed E-state index contributed by atoms with van der Waals surface area (Å²) < 4.78 is 47.5. The van der Waals surface area contributed by atoms with Crippen LogP contribution in [-0.4, -0.2) is 265 Å². The summed E-state index contributed by atoms with van der Waals surface area (Å²) in [5.74, 6) is -9.66. The second kappa shape index (κ2) is 34.4. The van der Waals surface area contributed by atoms with Crippen LogP contribution < -0.4 is 16.0 Å². The van der Waals surface area contributed by atoms with Crippen molar-refractivity contribution >= 4 is 82.5 Å². The Balaban J connectivity index is 1.34. The maximum atomic E-state index is 15.7. The van der Waals surface area contributed by atoms with Gasteiger partial charge >= 0.3 is 6.18 Å². The predicted octanol–water partition coefficient (Wildman–Crippen LogP) is 5.26. The molecule has 0 radical (unpaired) electrons. The van der Waals surface area contributed by atoms with Gasteiger partial charge in [0.15, 0.2) is 0 Å². The molecule has 0 unspecified atom stereocenters. The molecule has 25 nitrogen and oxygen atoms in total. The van der Waals surface area contributed by atoms with E-state index in [1.165, 1.54) is 94.1 Å². The fourth-order valence-electron chi connectivity index (χ4n) is 15.3. The fourth-order valence-corrected chi connectivity index (χ4v) is 15.6. The van der Waals surface area contributed by atoms with Crippen molar-refractivity contribution in [1.82, 2.24) is 60.0 Å². The Bertz CT molecular complexity index is 3560. The third-order valence-corrected chi connectivity index (χ3v) is 22.3. The van der Waals surface area contributed by atoms with Gasteiger partial charge in [-0.3, -0.25) is 57.5 Å². The lowest BCUT2D eigenvalue weighted by molar-refractivity contribution is -0.161. The van der Waals surface area contributed by atoms with E-state index in [9.17, 15) is 41.9 Å². The van der Waals surface area contributed by atoms with Crippen molar-refractivity contribution in [2.24, 2.45) is 22.7 Å². The lowest BCUT2D eigenvalue weighted by Gasteiger charge is -2.54. The SMILES string of the molecule is CCC(CC)[C@H]1C(=O)N(C)[C@H](C(=O)N(C)C)CC(=O)N(C)[C@@H](COC)C(=O)N[C@@H]([C@@H](C)CC)C(=O)N(C)CC(=O)N(C)[C@H]2C/C=C\CCN(C2=O)[C@@H](Cc2ccc(C)cc2)C(=O)N(C)CC(=O)N[C@@H](CCc2ccc(C(F)(F)F)c(Cl)c2)C(=O)N2CC3(CC3)C[C@H]2C(=O)NC2(CC(C)(C)C2)C(=O)N1C. The van der Waals surface area contributed by atoms with Crippen LogP contribution in [0.15, 0.2) is 54.6 Å². The summed E-state index contributed by atoms with van der Waals surface area (Å²) in [6.07, 6.45) is 0.691. The molecule has 104 heavy (non-hydrogen) atoms. The second-order valence-corrected chi connectivity index (χ2v) is 31.0. The van der Waals surface area contributed by atoms with Gasteiger partial charge in [0.1, 0.15) is 53.9 Å². The Hall–Kier alpha value is -8.14. The first kappa shape index (κ1) is 83.1. The van der Waals surface area contributed by atoms with E-state index in [1.807, 2.05) is 52.8 Å². The van der Waals surface area contributed by atoms with E-state index >= 15 is 28.8 Å². The molecule has 2 aromatic rings. The van der Waals surface area contributed by atoms with Crippen molar-refractivity contribution in [1.29, 1.82) is 0 Å². The molecule has 2 saturated heterocycles. The van der Waals surface area contributed by atoms with Crippen molar-refractivity contribution in [2.75, 3.05) is 96.3 Å². The molecule has 2 aromatic carbocycles. The number of benzene rings is 2. The van der Waals surface area contributed by atoms with Crippen LogP contribution in [0.1, 0.15) is 141 Å². The molecule has 7 rings (SSSR count). The van der Waals surface area contributed by atoms with Crippen LogP contribution >= 0.6 is 11.6 Å². The molecule has 4 fully saturated rings. The van der Waals surface area contributed by atoms with Crippen LogP contribution in [0, 0.1) is 29.6 Å². The fraction of sp³-hybridized carbons (Fsp3) is 0.653. The molecule has 29 heteroatoms. The quantitative estimate of drug-likeness (QED) is 0.216. The van der Waals surface area contributed by atoms with Gasteiger partial charge in [0.25, 0.3) is 0 Å². The average molecular weight is 1480 g/mol. The zero-order valence-corrected chi connectivity index (χ0v) is 64.0. The number of hydrogen-bond acceptors (Lipinski definition) is 13. The molecule has 2 spiro atoms. The van der Waals surface area contributed by atoms with Crippen LogP contribution in [0.2, 0.25) is 5.02 Å². The summed E-state index contributed by atoms with van der Waals surface area (Å²) in [6, 6.07) is -0.297. The molecule has 0 aromatic heterocycles. The number of carbonyl (C=O) groups is 12. The van der Waals surface area contributed by atoms with E-state index in [0.29, 0.717) is 37.7 Å². The van der Waals surface area contributed by atoms with Crippen molar-refractivity contribution in [2.45, 2.75) is 198 Å². The lowest BCUT2D eigenvalue weighted by atomic mass is 9.58. The molecule has 574 valence electrons. The summed E-state index contributed by atoms with van der Waals surface area (Å²) in [5, 5.41) is 8.10. The number of amides is 12. The van der Waals surface area contributed by atoms with Gasteiger partial charge in [-0.15, -0.1) is 0 Å². The van der Waals surface area contributed by atoms with Gasteiger partial charge in [0.05, 0.1) is 36.7 Å². The number of likely N-dealkylation sites (N-methyl/N-ethyl adjacent to an activating group) is 7. The third-order valence-electron chi connectivity index (χ3n) is 21.9. The van der Waals surface area contributed by atoms with Crippen LogP contribution in [0.25, 0.3) is 0 Å². The smallest absolute Gasteiger partial charge is 0.382 e. The highest BCUT2D eigenvalue weighted by Gasteiger charge is 2.61. The number of rotatable bonds is 13. The van der Waals surface area contributed by atoms with E-state index < -0.39 is 184 Å². The van der Waals surface area contributed by atoms with E-state index in [-0.39, 0.29) is 76.6 Å². The topological polar surface area (TPSA) is 279 Å². The summed E-state index contributed by atoms with van der Waals surface area (Å²) >= 11 is 6.21. The first-order valence-electron chi connectivity index (χ1n) is 36.0. The van der Waals surface area contributed by atoms with Gasteiger partial charge in [0, 0.05) is 83.0 Å². The molecular formula is C75H108ClF3N12O13. The Labute approximate surface area is 614 Å². The molecule has 2 aliphatic carbocycles. The van der Waals surface area contributed by atoms with E-state index in [0.717, 1.165) is 37.3 Å². The molecule has 3 heterocycles. The van der Waals surface area contributed by atoms with E-state index in [4.69, 9.17) is 16.3 Å². The molecular weight excluding hydrogens is 1370 g/mol.